The molecule has 2 aliphatic rings. The van der Waals surface area contributed by atoms with Crippen molar-refractivity contribution in [3.63, 3.8) is 0 Å². The van der Waals surface area contributed by atoms with E-state index in [0.717, 1.165) is 25.7 Å². The summed E-state index contributed by atoms with van der Waals surface area (Å²) in [5.41, 5.74) is 15.0. The summed E-state index contributed by atoms with van der Waals surface area (Å²) in [7, 11) is 0. The van der Waals surface area contributed by atoms with E-state index in [9.17, 15) is 0 Å². The van der Waals surface area contributed by atoms with Crippen LogP contribution in [0.1, 0.15) is 75.6 Å². The summed E-state index contributed by atoms with van der Waals surface area (Å²) >= 11 is 0. The summed E-state index contributed by atoms with van der Waals surface area (Å²) < 4.78 is 0. The predicted octanol–water partition coefficient (Wildman–Crippen LogP) is 13.6. The number of hydrogen-bond acceptors (Lipinski definition) is 1. The maximum atomic E-state index is 2.52. The zero-order chi connectivity index (χ0) is 33.3. The van der Waals surface area contributed by atoms with Crippen molar-refractivity contribution in [1.29, 1.82) is 0 Å². The van der Waals surface area contributed by atoms with Crippen LogP contribution in [-0.4, -0.2) is 0 Å². The van der Waals surface area contributed by atoms with E-state index in [1.54, 1.807) is 0 Å². The molecule has 7 aromatic rings. The van der Waals surface area contributed by atoms with Crippen LogP contribution in [0.3, 0.4) is 0 Å². The van der Waals surface area contributed by atoms with Gasteiger partial charge in [-0.05, 0) is 129 Å². The van der Waals surface area contributed by atoms with Gasteiger partial charge in [0, 0.05) is 27.6 Å². The summed E-state index contributed by atoms with van der Waals surface area (Å²) in [6.07, 6.45) is 4.34. The Kier molecular flexibility index (Phi) is 6.85. The van der Waals surface area contributed by atoms with Crippen molar-refractivity contribution < 1.29 is 0 Å². The second-order valence-corrected chi connectivity index (χ2v) is 14.2. The highest BCUT2D eigenvalue weighted by atomic mass is 15.1. The SMILES string of the molecule is CCC1(CC)c2ccccc2-c2cc(N(c3ccc4c(c3)-c3cc5ccccc5cc3C4(CC)CC)c3cccc4ccccc34)ccc21. The van der Waals surface area contributed by atoms with E-state index >= 15 is 0 Å². The number of hydrogen-bond donors (Lipinski definition) is 0. The van der Waals surface area contributed by atoms with Crippen molar-refractivity contribution in [2.24, 2.45) is 0 Å². The minimum Gasteiger partial charge on any atom is -0.310 e. The second-order valence-electron chi connectivity index (χ2n) is 14.2. The molecule has 0 saturated heterocycles. The maximum Gasteiger partial charge on any atom is 0.0540 e. The van der Waals surface area contributed by atoms with E-state index in [-0.39, 0.29) is 10.8 Å². The molecule has 0 aromatic heterocycles. The fourth-order valence-electron chi connectivity index (χ4n) is 9.76. The first-order chi connectivity index (χ1) is 24.1. The Morgan fingerprint density at radius 1 is 0.388 bits per heavy atom. The summed E-state index contributed by atoms with van der Waals surface area (Å²) in [5, 5.41) is 5.14. The molecule has 9 rings (SSSR count). The largest absolute Gasteiger partial charge is 0.310 e. The molecule has 0 amide bonds. The van der Waals surface area contributed by atoms with Gasteiger partial charge < -0.3 is 4.90 Å². The fraction of sp³-hybridized carbons (Fsp3) is 0.208. The van der Waals surface area contributed by atoms with Gasteiger partial charge in [-0.3, -0.25) is 0 Å². The second kappa shape index (κ2) is 11.2. The van der Waals surface area contributed by atoms with Gasteiger partial charge in [-0.1, -0.05) is 125 Å². The number of anilines is 3. The highest BCUT2D eigenvalue weighted by molar-refractivity contribution is 6.01. The Labute approximate surface area is 290 Å². The molecule has 49 heavy (non-hydrogen) atoms. The van der Waals surface area contributed by atoms with Gasteiger partial charge in [0.25, 0.3) is 0 Å². The molecule has 240 valence electrons. The third-order valence-electron chi connectivity index (χ3n) is 12.4. The van der Waals surface area contributed by atoms with Crippen LogP contribution in [0.25, 0.3) is 43.8 Å². The quantitative estimate of drug-likeness (QED) is 0.169. The first-order valence-corrected chi connectivity index (χ1v) is 18.3. The van der Waals surface area contributed by atoms with Crippen molar-refractivity contribution in [3.05, 3.63) is 162 Å². The molecule has 0 radical (unpaired) electrons. The molecule has 0 unspecified atom stereocenters. The van der Waals surface area contributed by atoms with Crippen LogP contribution in [0.5, 0.6) is 0 Å². The lowest BCUT2D eigenvalue weighted by Gasteiger charge is -2.32. The molecule has 0 saturated carbocycles. The molecule has 0 aliphatic heterocycles. The minimum atomic E-state index is 0.0123. The first-order valence-electron chi connectivity index (χ1n) is 18.3. The van der Waals surface area contributed by atoms with Crippen molar-refractivity contribution in [1.82, 2.24) is 0 Å². The fourth-order valence-corrected chi connectivity index (χ4v) is 9.76. The van der Waals surface area contributed by atoms with Crippen LogP contribution >= 0.6 is 0 Å². The Hall–Kier alpha value is -5.14. The Balaban J connectivity index is 1.31. The van der Waals surface area contributed by atoms with Gasteiger partial charge in [-0.25, -0.2) is 0 Å². The standard InChI is InChI=1S/C48H43N/c1-5-47(6-2)42-22-14-13-21-38(42)40-30-35(24-26-43(40)47)49(46-23-15-19-32-16-11-12-20-37(32)46)36-25-27-44-41(31-36)39-28-33-17-9-10-18-34(33)29-45(39)48(44,7-3)8-4/h9-31H,5-8H2,1-4H3. The third kappa shape index (κ3) is 4.12. The van der Waals surface area contributed by atoms with E-state index < -0.39 is 0 Å². The number of benzene rings is 7. The molecule has 7 aromatic carbocycles. The average molecular weight is 634 g/mol. The third-order valence-corrected chi connectivity index (χ3v) is 12.4. The van der Waals surface area contributed by atoms with E-state index in [2.05, 4.69) is 172 Å². The van der Waals surface area contributed by atoms with Gasteiger partial charge in [0.1, 0.15) is 0 Å². The Morgan fingerprint density at radius 2 is 0.878 bits per heavy atom. The van der Waals surface area contributed by atoms with Gasteiger partial charge in [-0.2, -0.15) is 0 Å². The summed E-state index contributed by atoms with van der Waals surface area (Å²) in [4.78, 5) is 2.52. The molecular formula is C48H43N. The first kappa shape index (κ1) is 30.0. The number of fused-ring (bicyclic) bond motifs is 8. The van der Waals surface area contributed by atoms with Gasteiger partial charge in [0.05, 0.1) is 5.69 Å². The zero-order valence-corrected chi connectivity index (χ0v) is 29.1. The molecule has 0 atom stereocenters. The van der Waals surface area contributed by atoms with E-state index in [4.69, 9.17) is 0 Å². The summed E-state index contributed by atoms with van der Waals surface area (Å²) in [6.45, 7) is 9.43. The maximum absolute atomic E-state index is 2.52. The highest BCUT2D eigenvalue weighted by Crippen LogP contribution is 2.57. The number of nitrogens with zero attached hydrogens (tertiary/aromatic N) is 1. The van der Waals surface area contributed by atoms with Crippen molar-refractivity contribution in [2.45, 2.75) is 64.2 Å². The zero-order valence-electron chi connectivity index (χ0n) is 29.1. The predicted molar refractivity (Wildman–Crippen MR) is 210 cm³/mol. The molecular weight excluding hydrogens is 591 g/mol. The van der Waals surface area contributed by atoms with E-state index in [1.165, 1.54) is 83.1 Å². The van der Waals surface area contributed by atoms with Gasteiger partial charge in [0.15, 0.2) is 0 Å². The molecule has 1 nitrogen and oxygen atoms in total. The van der Waals surface area contributed by atoms with Crippen molar-refractivity contribution >= 4 is 38.6 Å². The molecule has 0 bridgehead atoms. The molecule has 0 spiro atoms. The van der Waals surface area contributed by atoms with Crippen molar-refractivity contribution in [2.75, 3.05) is 4.90 Å². The van der Waals surface area contributed by atoms with E-state index in [0.29, 0.717) is 0 Å². The van der Waals surface area contributed by atoms with Gasteiger partial charge in [0.2, 0.25) is 0 Å². The summed E-state index contributed by atoms with van der Waals surface area (Å²) in [6, 6.07) is 53.0. The molecule has 0 N–H and O–H groups in total. The van der Waals surface area contributed by atoms with Gasteiger partial charge >= 0.3 is 0 Å². The normalized spacial score (nSPS) is 14.8. The molecule has 1 heteroatoms. The topological polar surface area (TPSA) is 3.24 Å². The monoisotopic (exact) mass is 633 g/mol. The van der Waals surface area contributed by atoms with Gasteiger partial charge in [-0.15, -0.1) is 0 Å². The van der Waals surface area contributed by atoms with E-state index in [1.807, 2.05) is 0 Å². The molecule has 0 fully saturated rings. The lowest BCUT2D eigenvalue weighted by molar-refractivity contribution is 0.490. The van der Waals surface area contributed by atoms with Crippen LogP contribution in [0, 0.1) is 0 Å². The number of rotatable bonds is 7. The Bertz CT molecular complexity index is 2400. The lowest BCUT2D eigenvalue weighted by atomic mass is 9.73. The smallest absolute Gasteiger partial charge is 0.0540 e. The van der Waals surface area contributed by atoms with Crippen LogP contribution in [0.2, 0.25) is 0 Å². The van der Waals surface area contributed by atoms with Crippen LogP contribution in [0.15, 0.2) is 140 Å². The van der Waals surface area contributed by atoms with Crippen molar-refractivity contribution in [3.8, 4) is 22.3 Å². The van der Waals surface area contributed by atoms with Crippen LogP contribution in [0.4, 0.5) is 17.1 Å². The molecule has 0 heterocycles. The van der Waals surface area contributed by atoms with Crippen LogP contribution < -0.4 is 4.90 Å². The lowest BCUT2D eigenvalue weighted by Crippen LogP contribution is -2.23. The van der Waals surface area contributed by atoms with Crippen LogP contribution in [-0.2, 0) is 10.8 Å². The highest BCUT2D eigenvalue weighted by Gasteiger charge is 2.42. The average Bonchev–Trinajstić information content (AvgIpc) is 3.60. The molecule has 2 aliphatic carbocycles. The minimum absolute atomic E-state index is 0.0123. The Morgan fingerprint density at radius 3 is 1.55 bits per heavy atom. The summed E-state index contributed by atoms with van der Waals surface area (Å²) in [5.74, 6) is 0.